The molecule has 0 N–H and O–H groups in total. The molecule has 2 heteroatoms. The van der Waals surface area contributed by atoms with E-state index in [2.05, 4.69) is 54.8 Å². The van der Waals surface area contributed by atoms with Crippen LogP contribution in [0.25, 0.3) is 0 Å². The van der Waals surface area contributed by atoms with Gasteiger partial charge in [0.1, 0.15) is 0 Å². The lowest BCUT2D eigenvalue weighted by molar-refractivity contribution is 0.186. The lowest BCUT2D eigenvalue weighted by atomic mass is 10.0. The number of benzene rings is 1. The Balaban J connectivity index is 1.92. The van der Waals surface area contributed by atoms with Crippen molar-refractivity contribution >= 4 is 5.69 Å². The van der Waals surface area contributed by atoms with Crippen LogP contribution < -0.4 is 4.90 Å². The lowest BCUT2D eigenvalue weighted by Gasteiger charge is -2.38. The Morgan fingerprint density at radius 3 is 2.11 bits per heavy atom. The number of piperidine rings is 1. The maximum atomic E-state index is 2.60. The predicted octanol–water partition coefficient (Wildman–Crippen LogP) is 3.31. The maximum absolute atomic E-state index is 2.60. The molecule has 0 spiro atoms. The molecule has 0 amide bonds. The van der Waals surface area contributed by atoms with Crippen molar-refractivity contribution in [2.75, 3.05) is 31.1 Å². The quantitative estimate of drug-likeness (QED) is 0.804. The molecule has 0 atom stereocenters. The largest absolute Gasteiger partial charge is 0.371 e. The van der Waals surface area contributed by atoms with Crippen molar-refractivity contribution < 1.29 is 0 Å². The molecule has 1 fully saturated rings. The van der Waals surface area contributed by atoms with Crippen LogP contribution in [0, 0.1) is 6.92 Å². The molecule has 2 rings (SSSR count). The van der Waals surface area contributed by atoms with E-state index in [4.69, 9.17) is 0 Å². The zero-order valence-electron chi connectivity index (χ0n) is 12.0. The van der Waals surface area contributed by atoms with Crippen LogP contribution in [0.1, 0.15) is 32.3 Å². The molecule has 0 aliphatic carbocycles. The molecule has 1 aromatic carbocycles. The van der Waals surface area contributed by atoms with Gasteiger partial charge in [-0.1, -0.05) is 31.5 Å². The summed E-state index contributed by atoms with van der Waals surface area (Å²) >= 11 is 0. The minimum atomic E-state index is 0.793. The van der Waals surface area contributed by atoms with Crippen molar-refractivity contribution in [3.63, 3.8) is 0 Å². The number of rotatable bonds is 4. The highest BCUT2D eigenvalue weighted by molar-refractivity contribution is 5.47. The molecule has 0 aromatic heterocycles. The van der Waals surface area contributed by atoms with E-state index in [9.17, 15) is 0 Å². The minimum absolute atomic E-state index is 0.793. The summed E-state index contributed by atoms with van der Waals surface area (Å²) in [5.74, 6) is 0. The Labute approximate surface area is 112 Å². The van der Waals surface area contributed by atoms with E-state index in [1.165, 1.54) is 50.3 Å². The van der Waals surface area contributed by atoms with Gasteiger partial charge in [0.2, 0.25) is 0 Å². The molecule has 1 heterocycles. The van der Waals surface area contributed by atoms with Crippen LogP contribution in [-0.4, -0.2) is 37.1 Å². The second-order valence-electron chi connectivity index (χ2n) is 5.27. The Hall–Kier alpha value is -1.02. The normalized spacial score (nSPS) is 17.4. The molecule has 1 aliphatic rings. The van der Waals surface area contributed by atoms with Crippen molar-refractivity contribution in [3.8, 4) is 0 Å². The van der Waals surface area contributed by atoms with E-state index in [0.717, 1.165) is 6.04 Å². The molecule has 1 aliphatic heterocycles. The van der Waals surface area contributed by atoms with Crippen molar-refractivity contribution in [1.82, 2.24) is 4.90 Å². The first-order chi connectivity index (χ1) is 8.74. The van der Waals surface area contributed by atoms with E-state index in [-0.39, 0.29) is 0 Å². The summed E-state index contributed by atoms with van der Waals surface area (Å²) in [6.45, 7) is 11.5. The third-order valence-corrected chi connectivity index (χ3v) is 4.19. The molecular weight excluding hydrogens is 220 g/mol. The van der Waals surface area contributed by atoms with Gasteiger partial charge in [0.15, 0.2) is 0 Å². The van der Waals surface area contributed by atoms with Crippen LogP contribution in [0.15, 0.2) is 24.3 Å². The van der Waals surface area contributed by atoms with Gasteiger partial charge in [-0.15, -0.1) is 0 Å². The van der Waals surface area contributed by atoms with Gasteiger partial charge in [0, 0.05) is 24.8 Å². The molecule has 1 aromatic rings. The monoisotopic (exact) mass is 246 g/mol. The van der Waals surface area contributed by atoms with Crippen LogP contribution in [0.2, 0.25) is 0 Å². The fourth-order valence-electron chi connectivity index (χ4n) is 2.98. The predicted molar refractivity (Wildman–Crippen MR) is 79.3 cm³/mol. The van der Waals surface area contributed by atoms with E-state index >= 15 is 0 Å². The van der Waals surface area contributed by atoms with Gasteiger partial charge in [0.25, 0.3) is 0 Å². The van der Waals surface area contributed by atoms with E-state index in [1.54, 1.807) is 0 Å². The van der Waals surface area contributed by atoms with Gasteiger partial charge >= 0.3 is 0 Å². The highest BCUT2D eigenvalue weighted by Gasteiger charge is 2.22. The van der Waals surface area contributed by atoms with Gasteiger partial charge in [-0.2, -0.15) is 0 Å². The third-order valence-electron chi connectivity index (χ3n) is 4.19. The van der Waals surface area contributed by atoms with Crippen LogP contribution >= 0.6 is 0 Å². The van der Waals surface area contributed by atoms with Crippen LogP contribution in [0.4, 0.5) is 5.69 Å². The molecule has 0 bridgehead atoms. The molecule has 2 nitrogen and oxygen atoms in total. The Morgan fingerprint density at radius 2 is 1.61 bits per heavy atom. The Kier molecular flexibility index (Phi) is 4.65. The first-order valence-electron chi connectivity index (χ1n) is 7.30. The van der Waals surface area contributed by atoms with Gasteiger partial charge in [-0.3, -0.25) is 0 Å². The number of anilines is 1. The number of nitrogens with zero attached hydrogens (tertiary/aromatic N) is 2. The number of aryl methyl sites for hydroxylation is 1. The summed E-state index contributed by atoms with van der Waals surface area (Å²) in [7, 11) is 0. The van der Waals surface area contributed by atoms with Gasteiger partial charge in [-0.05, 0) is 45.0 Å². The maximum Gasteiger partial charge on any atom is 0.0366 e. The first-order valence-corrected chi connectivity index (χ1v) is 7.30. The van der Waals surface area contributed by atoms with Crippen molar-refractivity contribution in [2.24, 2.45) is 0 Å². The molecule has 18 heavy (non-hydrogen) atoms. The number of hydrogen-bond acceptors (Lipinski definition) is 2. The standard InChI is InChI=1S/C16H26N2/c1-4-17(5-2)16-10-12-18(13-11-16)15-8-6-14(3)7-9-15/h6-9,16H,4-5,10-13H2,1-3H3. The molecule has 0 radical (unpaired) electrons. The highest BCUT2D eigenvalue weighted by Crippen LogP contribution is 2.22. The lowest BCUT2D eigenvalue weighted by Crippen LogP contribution is -2.44. The third kappa shape index (κ3) is 3.05. The molecule has 0 saturated carbocycles. The zero-order chi connectivity index (χ0) is 13.0. The number of hydrogen-bond donors (Lipinski definition) is 0. The summed E-state index contributed by atoms with van der Waals surface area (Å²) in [6.07, 6.45) is 2.60. The molecule has 1 saturated heterocycles. The van der Waals surface area contributed by atoms with Crippen molar-refractivity contribution in [2.45, 2.75) is 39.7 Å². The smallest absolute Gasteiger partial charge is 0.0366 e. The fraction of sp³-hybridized carbons (Fsp3) is 0.625. The fourth-order valence-corrected chi connectivity index (χ4v) is 2.98. The summed E-state index contributed by atoms with van der Waals surface area (Å²) in [6, 6.07) is 9.74. The van der Waals surface area contributed by atoms with Crippen LogP contribution in [0.3, 0.4) is 0 Å². The summed E-state index contributed by atoms with van der Waals surface area (Å²) in [5.41, 5.74) is 2.73. The zero-order valence-corrected chi connectivity index (χ0v) is 12.0. The average Bonchev–Trinajstić information content (AvgIpc) is 2.42. The Bertz CT molecular complexity index is 346. The van der Waals surface area contributed by atoms with Gasteiger partial charge in [0.05, 0.1) is 0 Å². The van der Waals surface area contributed by atoms with Crippen LogP contribution in [0.5, 0.6) is 0 Å². The van der Waals surface area contributed by atoms with Gasteiger partial charge < -0.3 is 9.80 Å². The second-order valence-corrected chi connectivity index (χ2v) is 5.27. The molecule has 0 unspecified atom stereocenters. The molecular formula is C16H26N2. The van der Waals surface area contributed by atoms with E-state index in [0.29, 0.717) is 0 Å². The molecule has 100 valence electrons. The summed E-state index contributed by atoms with van der Waals surface area (Å²) < 4.78 is 0. The Morgan fingerprint density at radius 1 is 1.06 bits per heavy atom. The topological polar surface area (TPSA) is 6.48 Å². The van der Waals surface area contributed by atoms with Crippen molar-refractivity contribution in [3.05, 3.63) is 29.8 Å². The van der Waals surface area contributed by atoms with E-state index in [1.807, 2.05) is 0 Å². The second kappa shape index (κ2) is 6.24. The highest BCUT2D eigenvalue weighted by atomic mass is 15.2. The minimum Gasteiger partial charge on any atom is -0.371 e. The average molecular weight is 246 g/mol. The summed E-state index contributed by atoms with van der Waals surface area (Å²) in [4.78, 5) is 5.13. The van der Waals surface area contributed by atoms with Crippen LogP contribution in [-0.2, 0) is 0 Å². The first kappa shape index (κ1) is 13.4. The van der Waals surface area contributed by atoms with Gasteiger partial charge in [-0.25, -0.2) is 0 Å². The SMILES string of the molecule is CCN(CC)C1CCN(c2ccc(C)cc2)CC1. The van der Waals surface area contributed by atoms with E-state index < -0.39 is 0 Å². The van der Waals surface area contributed by atoms with Crippen molar-refractivity contribution in [1.29, 1.82) is 0 Å². The summed E-state index contributed by atoms with van der Waals surface area (Å²) in [5, 5.41) is 0.